The average Bonchev–Trinajstić information content (AvgIpc) is 2.44. The summed E-state index contributed by atoms with van der Waals surface area (Å²) >= 11 is 1.58. The highest BCUT2D eigenvalue weighted by Crippen LogP contribution is 2.40. The molecule has 2 rings (SSSR count). The Morgan fingerprint density at radius 1 is 1.58 bits per heavy atom. The molecule has 12 heavy (non-hydrogen) atoms. The molecule has 0 unspecified atom stereocenters. The molecule has 0 saturated heterocycles. The first kappa shape index (κ1) is 7.89. The zero-order chi connectivity index (χ0) is 8.55. The Hall–Kier alpha value is -0.740. The summed E-state index contributed by atoms with van der Waals surface area (Å²) in [5.41, 5.74) is 6.55. The van der Waals surface area contributed by atoms with Gasteiger partial charge in [0, 0.05) is 18.7 Å². The SMILES string of the molecule is NCc1sc2c(c1O)CCCN2. The molecule has 0 aromatic carbocycles. The van der Waals surface area contributed by atoms with Crippen LogP contribution in [0.2, 0.25) is 0 Å². The van der Waals surface area contributed by atoms with Crippen molar-refractivity contribution in [3.8, 4) is 5.75 Å². The number of hydrogen-bond donors (Lipinski definition) is 3. The minimum Gasteiger partial charge on any atom is -0.506 e. The van der Waals surface area contributed by atoms with E-state index in [0.29, 0.717) is 12.3 Å². The number of fused-ring (bicyclic) bond motifs is 1. The van der Waals surface area contributed by atoms with Gasteiger partial charge in [-0.1, -0.05) is 0 Å². The number of nitrogens with two attached hydrogens (primary N) is 1. The fourth-order valence-electron chi connectivity index (χ4n) is 1.49. The van der Waals surface area contributed by atoms with Gasteiger partial charge in [0.1, 0.15) is 5.75 Å². The van der Waals surface area contributed by atoms with E-state index in [1.165, 1.54) is 0 Å². The maximum atomic E-state index is 9.67. The Kier molecular flexibility index (Phi) is 1.94. The first-order valence-electron chi connectivity index (χ1n) is 4.10. The number of rotatable bonds is 1. The van der Waals surface area contributed by atoms with Gasteiger partial charge in [0.25, 0.3) is 0 Å². The van der Waals surface area contributed by atoms with Gasteiger partial charge >= 0.3 is 0 Å². The molecule has 0 fully saturated rings. The highest BCUT2D eigenvalue weighted by Gasteiger charge is 2.18. The predicted octanol–water partition coefficient (Wildman–Crippen LogP) is 1.27. The van der Waals surface area contributed by atoms with Crippen LogP contribution in [0, 0.1) is 0 Å². The highest BCUT2D eigenvalue weighted by molar-refractivity contribution is 7.16. The lowest BCUT2D eigenvalue weighted by molar-refractivity contribution is 0.464. The van der Waals surface area contributed by atoms with E-state index in [9.17, 15) is 5.11 Å². The molecule has 66 valence electrons. The van der Waals surface area contributed by atoms with Crippen LogP contribution in [-0.2, 0) is 13.0 Å². The second-order valence-electron chi connectivity index (χ2n) is 2.92. The standard InChI is InChI=1S/C8H12N2OS/c9-4-6-7(11)5-2-1-3-10-8(5)12-6/h10-11H,1-4,9H2. The van der Waals surface area contributed by atoms with Crippen LogP contribution in [0.15, 0.2) is 0 Å². The molecule has 0 spiro atoms. The van der Waals surface area contributed by atoms with E-state index < -0.39 is 0 Å². The van der Waals surface area contributed by atoms with E-state index in [-0.39, 0.29) is 0 Å². The third kappa shape index (κ3) is 1.07. The molecular weight excluding hydrogens is 172 g/mol. The van der Waals surface area contributed by atoms with Crippen molar-refractivity contribution in [1.29, 1.82) is 0 Å². The molecule has 0 saturated carbocycles. The van der Waals surface area contributed by atoms with Gasteiger partial charge in [0.2, 0.25) is 0 Å². The van der Waals surface area contributed by atoms with Crippen LogP contribution in [0.1, 0.15) is 16.9 Å². The second kappa shape index (κ2) is 2.95. The van der Waals surface area contributed by atoms with Crippen molar-refractivity contribution in [3.63, 3.8) is 0 Å². The Labute approximate surface area is 75.2 Å². The second-order valence-corrected chi connectivity index (χ2v) is 4.02. The summed E-state index contributed by atoms with van der Waals surface area (Å²) in [7, 11) is 0. The third-order valence-corrected chi connectivity index (χ3v) is 3.33. The van der Waals surface area contributed by atoms with Gasteiger partial charge in [0.05, 0.1) is 9.88 Å². The summed E-state index contributed by atoms with van der Waals surface area (Å²) in [5, 5.41) is 14.0. The molecule has 0 aliphatic carbocycles. The average molecular weight is 184 g/mol. The largest absolute Gasteiger partial charge is 0.506 e. The van der Waals surface area contributed by atoms with Gasteiger partial charge in [-0.3, -0.25) is 0 Å². The van der Waals surface area contributed by atoms with Crippen LogP contribution in [0.3, 0.4) is 0 Å². The topological polar surface area (TPSA) is 58.3 Å². The van der Waals surface area contributed by atoms with Gasteiger partial charge < -0.3 is 16.2 Å². The predicted molar refractivity (Wildman–Crippen MR) is 50.7 cm³/mol. The van der Waals surface area contributed by atoms with Crippen molar-refractivity contribution in [2.24, 2.45) is 5.73 Å². The van der Waals surface area contributed by atoms with Gasteiger partial charge in [-0.05, 0) is 12.8 Å². The fourth-order valence-corrected chi connectivity index (χ4v) is 2.53. The molecule has 1 aromatic heterocycles. The lowest BCUT2D eigenvalue weighted by Gasteiger charge is -2.12. The lowest BCUT2D eigenvalue weighted by atomic mass is 10.1. The molecule has 1 aliphatic rings. The van der Waals surface area contributed by atoms with Crippen molar-refractivity contribution in [2.45, 2.75) is 19.4 Å². The summed E-state index contributed by atoms with van der Waals surface area (Å²) in [5.74, 6) is 0.421. The molecule has 3 nitrogen and oxygen atoms in total. The molecule has 2 heterocycles. The van der Waals surface area contributed by atoms with E-state index in [4.69, 9.17) is 5.73 Å². The maximum Gasteiger partial charge on any atom is 0.136 e. The maximum absolute atomic E-state index is 9.67. The van der Waals surface area contributed by atoms with E-state index in [1.54, 1.807) is 11.3 Å². The lowest BCUT2D eigenvalue weighted by Crippen LogP contribution is -2.08. The van der Waals surface area contributed by atoms with Crippen LogP contribution in [0.5, 0.6) is 5.75 Å². The normalized spacial score (nSPS) is 15.4. The minimum atomic E-state index is 0.421. The van der Waals surface area contributed by atoms with Crippen molar-refractivity contribution in [3.05, 3.63) is 10.4 Å². The fraction of sp³-hybridized carbons (Fsp3) is 0.500. The van der Waals surface area contributed by atoms with Crippen molar-refractivity contribution in [1.82, 2.24) is 0 Å². The summed E-state index contributed by atoms with van der Waals surface area (Å²) in [4.78, 5) is 0.898. The number of hydrogen-bond acceptors (Lipinski definition) is 4. The number of thiophene rings is 1. The van der Waals surface area contributed by atoms with Gasteiger partial charge in [0.15, 0.2) is 0 Å². The van der Waals surface area contributed by atoms with Gasteiger partial charge in [-0.25, -0.2) is 0 Å². The molecule has 4 heteroatoms. The van der Waals surface area contributed by atoms with E-state index in [1.807, 2.05) is 0 Å². The molecule has 0 radical (unpaired) electrons. The number of aromatic hydroxyl groups is 1. The molecule has 4 N–H and O–H groups in total. The highest BCUT2D eigenvalue weighted by atomic mass is 32.1. The van der Waals surface area contributed by atoms with Crippen LogP contribution in [0.25, 0.3) is 0 Å². The molecule has 0 atom stereocenters. The number of nitrogens with one attached hydrogen (secondary N) is 1. The zero-order valence-electron chi connectivity index (χ0n) is 6.76. The van der Waals surface area contributed by atoms with E-state index >= 15 is 0 Å². The Morgan fingerprint density at radius 3 is 3.08 bits per heavy atom. The Balaban J connectivity index is 2.44. The Morgan fingerprint density at radius 2 is 2.42 bits per heavy atom. The first-order chi connectivity index (χ1) is 5.83. The Bertz CT molecular complexity index is 295. The monoisotopic (exact) mass is 184 g/mol. The number of anilines is 1. The summed E-state index contributed by atoms with van der Waals surface area (Å²) < 4.78 is 0. The zero-order valence-corrected chi connectivity index (χ0v) is 7.58. The van der Waals surface area contributed by atoms with Gasteiger partial charge in [-0.2, -0.15) is 0 Å². The van der Waals surface area contributed by atoms with Gasteiger partial charge in [-0.15, -0.1) is 11.3 Å². The summed E-state index contributed by atoms with van der Waals surface area (Å²) in [6.45, 7) is 1.45. The van der Waals surface area contributed by atoms with Crippen LogP contribution in [-0.4, -0.2) is 11.7 Å². The van der Waals surface area contributed by atoms with E-state index in [0.717, 1.165) is 34.8 Å². The van der Waals surface area contributed by atoms with Crippen LogP contribution < -0.4 is 11.1 Å². The summed E-state index contributed by atoms with van der Waals surface area (Å²) in [6.07, 6.45) is 2.08. The van der Waals surface area contributed by atoms with Crippen LogP contribution >= 0.6 is 11.3 Å². The molecule has 0 bridgehead atoms. The quantitative estimate of drug-likeness (QED) is 0.616. The van der Waals surface area contributed by atoms with E-state index in [2.05, 4.69) is 5.32 Å². The third-order valence-electron chi connectivity index (χ3n) is 2.12. The van der Waals surface area contributed by atoms with Crippen LogP contribution in [0.4, 0.5) is 5.00 Å². The summed E-state index contributed by atoms with van der Waals surface area (Å²) in [6, 6.07) is 0. The molecule has 1 aliphatic heterocycles. The molecule has 1 aromatic rings. The van der Waals surface area contributed by atoms with Crippen molar-refractivity contribution in [2.75, 3.05) is 11.9 Å². The minimum absolute atomic E-state index is 0.421. The van der Waals surface area contributed by atoms with Crippen molar-refractivity contribution >= 4 is 16.3 Å². The smallest absolute Gasteiger partial charge is 0.136 e. The van der Waals surface area contributed by atoms with Crippen molar-refractivity contribution < 1.29 is 5.11 Å². The molecular formula is C8H12N2OS. The molecule has 0 amide bonds. The first-order valence-corrected chi connectivity index (χ1v) is 4.92.